The molecule has 0 heterocycles. The third kappa shape index (κ3) is 14.7. The number of allylic oxidation sites excluding steroid dienone is 17. The lowest BCUT2D eigenvalue weighted by Gasteiger charge is -1.90. The topological polar surface area (TPSA) is 26.3 Å². The number of carbonyl (C=O) groups excluding carboxylic acids is 1. The van der Waals surface area contributed by atoms with Crippen molar-refractivity contribution in [3.63, 3.8) is 0 Å². The van der Waals surface area contributed by atoms with Gasteiger partial charge in [-0.1, -0.05) is 89.6 Å². The highest BCUT2D eigenvalue weighted by Gasteiger charge is 1.81. The van der Waals surface area contributed by atoms with Crippen LogP contribution in [0.2, 0.25) is 0 Å². The molecular weight excluding hydrogens is 320 g/mol. The maximum Gasteiger partial charge on any atom is 0.297 e. The van der Waals surface area contributed by atoms with Crippen molar-refractivity contribution in [2.24, 2.45) is 0 Å². The summed E-state index contributed by atoms with van der Waals surface area (Å²) in [6.45, 7) is 10.5. The lowest BCUT2D eigenvalue weighted by atomic mass is 10.2. The molecule has 0 bridgehead atoms. The molecule has 0 amide bonds. The average molecular weight is 351 g/mol. The lowest BCUT2D eigenvalue weighted by molar-refractivity contribution is -0.123. The summed E-state index contributed by atoms with van der Waals surface area (Å²) < 4.78 is 4.50. The molecule has 2 nitrogen and oxygen atoms in total. The fourth-order valence-corrected chi connectivity index (χ4v) is 1.78. The van der Waals surface area contributed by atoms with Gasteiger partial charge in [-0.2, -0.15) is 0 Å². The molecule has 138 valence electrons. The van der Waals surface area contributed by atoms with Gasteiger partial charge in [0.2, 0.25) is 0 Å². The minimum absolute atomic E-state index is 0.395. The van der Waals surface area contributed by atoms with E-state index in [1.54, 1.807) is 6.08 Å². The molecule has 0 unspecified atom stereocenters. The first-order valence-electron chi connectivity index (χ1n) is 8.59. The van der Waals surface area contributed by atoms with Crippen molar-refractivity contribution in [1.29, 1.82) is 0 Å². The molecule has 0 radical (unpaired) electrons. The minimum atomic E-state index is 0.395. The normalized spacial score (nSPS) is 15.4. The second kappa shape index (κ2) is 15.6. The van der Waals surface area contributed by atoms with Crippen LogP contribution in [0.1, 0.15) is 34.6 Å². The Morgan fingerprint density at radius 3 is 1.50 bits per heavy atom. The highest BCUT2D eigenvalue weighted by Crippen LogP contribution is 2.02. The average Bonchev–Trinajstić information content (AvgIpc) is 2.59. The van der Waals surface area contributed by atoms with Gasteiger partial charge in [0.1, 0.15) is 0 Å². The summed E-state index contributed by atoms with van der Waals surface area (Å²) in [5, 5.41) is 0. The number of rotatable bonds is 10. The van der Waals surface area contributed by atoms with Gasteiger partial charge in [-0.05, 0) is 46.3 Å². The summed E-state index contributed by atoms with van der Waals surface area (Å²) in [5.41, 5.74) is 4.56. The Labute approximate surface area is 158 Å². The van der Waals surface area contributed by atoms with Crippen LogP contribution in [0.25, 0.3) is 0 Å². The van der Waals surface area contributed by atoms with E-state index in [1.807, 2.05) is 57.2 Å². The highest BCUT2D eigenvalue weighted by atomic mass is 16.5. The van der Waals surface area contributed by atoms with E-state index >= 15 is 0 Å². The Morgan fingerprint density at radius 2 is 1.04 bits per heavy atom. The van der Waals surface area contributed by atoms with Gasteiger partial charge in [-0.3, -0.25) is 4.79 Å². The molecule has 0 spiro atoms. The Balaban J connectivity index is 4.57. The third-order valence-corrected chi connectivity index (χ3v) is 3.16. The molecule has 0 aliphatic heterocycles. The summed E-state index contributed by atoms with van der Waals surface area (Å²) in [6.07, 6.45) is 27.5. The van der Waals surface area contributed by atoms with E-state index in [2.05, 4.69) is 55.0 Å². The molecule has 0 fully saturated rings. The summed E-state index contributed by atoms with van der Waals surface area (Å²) in [4.78, 5) is 10.0. The predicted molar refractivity (Wildman–Crippen MR) is 114 cm³/mol. The smallest absolute Gasteiger partial charge is 0.297 e. The summed E-state index contributed by atoms with van der Waals surface area (Å²) >= 11 is 0. The van der Waals surface area contributed by atoms with Crippen LogP contribution in [0.3, 0.4) is 0 Å². The molecule has 2 heteroatoms. The molecule has 0 aliphatic rings. The van der Waals surface area contributed by atoms with E-state index < -0.39 is 0 Å². The van der Waals surface area contributed by atoms with Crippen LogP contribution in [0.5, 0.6) is 0 Å². The fraction of sp³-hybridized carbons (Fsp3) is 0.208. The van der Waals surface area contributed by atoms with Crippen molar-refractivity contribution in [1.82, 2.24) is 0 Å². The zero-order valence-electron chi connectivity index (χ0n) is 16.5. The van der Waals surface area contributed by atoms with Crippen molar-refractivity contribution >= 4 is 6.47 Å². The van der Waals surface area contributed by atoms with Crippen LogP contribution < -0.4 is 0 Å². The van der Waals surface area contributed by atoms with Gasteiger partial charge >= 0.3 is 0 Å². The predicted octanol–water partition coefficient (Wildman–Crippen LogP) is 6.70. The van der Waals surface area contributed by atoms with E-state index in [4.69, 9.17) is 0 Å². The molecule has 0 saturated heterocycles. The molecule has 26 heavy (non-hydrogen) atoms. The first-order chi connectivity index (χ1) is 12.5. The fourth-order valence-electron chi connectivity index (χ4n) is 1.78. The van der Waals surface area contributed by atoms with Gasteiger partial charge in [0.25, 0.3) is 6.47 Å². The zero-order chi connectivity index (χ0) is 19.6. The van der Waals surface area contributed by atoms with E-state index in [0.717, 1.165) is 11.1 Å². The van der Waals surface area contributed by atoms with Gasteiger partial charge in [0.05, 0.1) is 6.26 Å². The molecule has 0 aromatic heterocycles. The van der Waals surface area contributed by atoms with Gasteiger partial charge in [0, 0.05) is 0 Å². The molecule has 0 saturated carbocycles. The van der Waals surface area contributed by atoms with Crippen molar-refractivity contribution in [2.45, 2.75) is 34.6 Å². The molecular formula is C24H30O2. The monoisotopic (exact) mass is 350 g/mol. The second-order valence-electron chi connectivity index (χ2n) is 5.78. The van der Waals surface area contributed by atoms with Crippen molar-refractivity contribution in [3.8, 4) is 0 Å². The molecule has 0 aromatic carbocycles. The van der Waals surface area contributed by atoms with E-state index in [1.165, 1.54) is 17.4 Å². The van der Waals surface area contributed by atoms with Gasteiger partial charge < -0.3 is 4.74 Å². The van der Waals surface area contributed by atoms with Crippen molar-refractivity contribution in [2.75, 3.05) is 0 Å². The maximum atomic E-state index is 10.0. The Kier molecular flexibility index (Phi) is 13.9. The molecule has 0 rings (SSSR count). The Hall–Kier alpha value is -2.87. The number of hydrogen-bond acceptors (Lipinski definition) is 2. The Bertz CT molecular complexity index is 688. The first-order valence-corrected chi connectivity index (χ1v) is 8.59. The van der Waals surface area contributed by atoms with Crippen LogP contribution in [-0.4, -0.2) is 6.47 Å². The largest absolute Gasteiger partial charge is 0.437 e. The van der Waals surface area contributed by atoms with Gasteiger partial charge in [0.15, 0.2) is 0 Å². The van der Waals surface area contributed by atoms with Crippen LogP contribution in [0.4, 0.5) is 0 Å². The quantitative estimate of drug-likeness (QED) is 0.249. The minimum Gasteiger partial charge on any atom is -0.437 e. The van der Waals surface area contributed by atoms with Gasteiger partial charge in [-0.25, -0.2) is 0 Å². The molecule has 0 aromatic rings. The van der Waals surface area contributed by atoms with Crippen LogP contribution in [0, 0.1) is 0 Å². The molecule has 0 N–H and O–H groups in total. The summed E-state index contributed by atoms with van der Waals surface area (Å²) in [5.74, 6) is 0. The maximum absolute atomic E-state index is 10.0. The standard InChI is InChI=1S/C24H30O2/c1-6-11-21(2)14-9-15-22(3)12-7-8-13-23(4)16-10-17-24(5)18-19-26-20-25/h6-20H,1-5H3/b8-7+,11-6+,15-9+,16-10+,19-18+,21-14-,22-12+,23-13+,24-17+. The molecule has 0 aliphatic carbocycles. The third-order valence-electron chi connectivity index (χ3n) is 3.16. The van der Waals surface area contributed by atoms with E-state index in [0.29, 0.717) is 6.47 Å². The number of hydrogen-bond donors (Lipinski definition) is 0. The van der Waals surface area contributed by atoms with Crippen LogP contribution >= 0.6 is 0 Å². The van der Waals surface area contributed by atoms with Crippen molar-refractivity contribution < 1.29 is 9.53 Å². The number of ether oxygens (including phenoxy) is 1. The second-order valence-corrected chi connectivity index (χ2v) is 5.78. The number of carbonyl (C=O) groups is 1. The highest BCUT2D eigenvalue weighted by molar-refractivity contribution is 5.39. The molecule has 0 atom stereocenters. The SMILES string of the molecule is C/C=C/C(C)=C\C=C\C(C)=C\C=C\C=C(C)\C=C\C=C(C)\C=C\OC=O. The first kappa shape index (κ1) is 23.1. The van der Waals surface area contributed by atoms with Crippen LogP contribution in [-0.2, 0) is 9.53 Å². The van der Waals surface area contributed by atoms with Crippen LogP contribution in [0.15, 0.2) is 108 Å². The Morgan fingerprint density at radius 1 is 0.615 bits per heavy atom. The summed E-state index contributed by atoms with van der Waals surface area (Å²) in [6, 6.07) is 0. The summed E-state index contributed by atoms with van der Waals surface area (Å²) in [7, 11) is 0. The lowest BCUT2D eigenvalue weighted by Crippen LogP contribution is -1.74. The zero-order valence-corrected chi connectivity index (χ0v) is 16.5. The van der Waals surface area contributed by atoms with E-state index in [-0.39, 0.29) is 0 Å². The van der Waals surface area contributed by atoms with E-state index in [9.17, 15) is 4.79 Å². The van der Waals surface area contributed by atoms with Gasteiger partial charge in [-0.15, -0.1) is 0 Å². The van der Waals surface area contributed by atoms with Crippen molar-refractivity contribution in [3.05, 3.63) is 108 Å².